The molecular weight excluding hydrogens is 192 g/mol. The van der Waals surface area contributed by atoms with Gasteiger partial charge in [-0.1, -0.05) is 0 Å². The number of aromatic nitrogens is 2. The minimum absolute atomic E-state index is 0.175. The molecule has 0 fully saturated rings. The molecule has 0 bridgehead atoms. The predicted molar refractivity (Wildman–Crippen MR) is 55.1 cm³/mol. The van der Waals surface area contributed by atoms with Gasteiger partial charge in [-0.3, -0.25) is 9.48 Å². The summed E-state index contributed by atoms with van der Waals surface area (Å²) in [5.74, 6) is -0.353. The third kappa shape index (κ3) is 2.56. The minimum Gasteiger partial charge on any atom is -0.351 e. The van der Waals surface area contributed by atoms with Gasteiger partial charge in [-0.2, -0.15) is 10.4 Å². The van der Waals surface area contributed by atoms with E-state index in [0.717, 1.165) is 5.69 Å². The Labute approximate surface area is 88.7 Å². The second-order valence-electron chi connectivity index (χ2n) is 3.51. The molecule has 0 saturated carbocycles. The molecule has 1 amide bonds. The van der Waals surface area contributed by atoms with Crippen LogP contribution in [0.4, 0.5) is 0 Å². The molecule has 1 aromatic heterocycles. The number of hydrogen-bond donors (Lipinski definition) is 1. The van der Waals surface area contributed by atoms with Crippen molar-refractivity contribution in [3.8, 4) is 6.07 Å². The summed E-state index contributed by atoms with van der Waals surface area (Å²) in [5, 5.41) is 15.2. The Hall–Kier alpha value is -1.83. The van der Waals surface area contributed by atoms with E-state index in [2.05, 4.69) is 16.5 Å². The lowest BCUT2D eigenvalue weighted by Gasteiger charge is -2.05. The van der Waals surface area contributed by atoms with Crippen LogP contribution in [0.2, 0.25) is 0 Å². The molecule has 1 N–H and O–H groups in total. The zero-order chi connectivity index (χ0) is 11.4. The number of nitrogens with one attached hydrogen (secondary N) is 1. The highest BCUT2D eigenvalue weighted by molar-refractivity contribution is 5.95. The number of amides is 1. The van der Waals surface area contributed by atoms with Crippen LogP contribution in [-0.2, 0) is 7.05 Å². The van der Waals surface area contributed by atoms with E-state index in [1.54, 1.807) is 18.7 Å². The third-order valence-corrected chi connectivity index (χ3v) is 2.27. The Morgan fingerprint density at radius 2 is 2.47 bits per heavy atom. The molecule has 1 atom stereocenters. The molecule has 0 aliphatic carbocycles. The van der Waals surface area contributed by atoms with Gasteiger partial charge in [-0.05, 0) is 13.8 Å². The fourth-order valence-corrected chi connectivity index (χ4v) is 1.11. The Morgan fingerprint density at radius 3 is 2.93 bits per heavy atom. The first-order valence-corrected chi connectivity index (χ1v) is 4.72. The maximum Gasteiger partial charge on any atom is 0.254 e. The van der Waals surface area contributed by atoms with Crippen molar-refractivity contribution >= 4 is 5.91 Å². The van der Waals surface area contributed by atoms with E-state index in [-0.39, 0.29) is 11.8 Å². The van der Waals surface area contributed by atoms with Gasteiger partial charge in [0, 0.05) is 19.3 Å². The van der Waals surface area contributed by atoms with Crippen LogP contribution in [0.15, 0.2) is 6.20 Å². The summed E-state index contributed by atoms with van der Waals surface area (Å²) >= 11 is 0. The lowest BCUT2D eigenvalue weighted by Crippen LogP contribution is -2.28. The molecule has 0 aliphatic heterocycles. The van der Waals surface area contributed by atoms with Gasteiger partial charge in [0.1, 0.15) is 0 Å². The van der Waals surface area contributed by atoms with Crippen LogP contribution >= 0.6 is 0 Å². The number of carbonyl (C=O) groups is 1. The number of carbonyl (C=O) groups excluding carboxylic acids is 1. The number of aryl methyl sites for hydroxylation is 1. The zero-order valence-electron chi connectivity index (χ0n) is 9.11. The summed E-state index contributed by atoms with van der Waals surface area (Å²) < 4.78 is 1.64. The fourth-order valence-electron chi connectivity index (χ4n) is 1.11. The van der Waals surface area contributed by atoms with Crippen LogP contribution in [0.3, 0.4) is 0 Å². The molecule has 0 radical (unpaired) electrons. The van der Waals surface area contributed by atoms with Gasteiger partial charge in [0.25, 0.3) is 5.91 Å². The van der Waals surface area contributed by atoms with Crippen LogP contribution < -0.4 is 5.32 Å². The zero-order valence-corrected chi connectivity index (χ0v) is 9.11. The first kappa shape index (κ1) is 11.2. The van der Waals surface area contributed by atoms with Crippen molar-refractivity contribution < 1.29 is 4.79 Å². The SMILES string of the molecule is Cc1c(C(=O)NCC(C)C#N)cnn1C. The molecule has 15 heavy (non-hydrogen) atoms. The van der Waals surface area contributed by atoms with Gasteiger partial charge in [0.15, 0.2) is 0 Å². The van der Waals surface area contributed by atoms with Gasteiger partial charge in [0.05, 0.1) is 23.7 Å². The normalized spacial score (nSPS) is 11.9. The van der Waals surface area contributed by atoms with Gasteiger partial charge in [0.2, 0.25) is 0 Å². The summed E-state index contributed by atoms with van der Waals surface area (Å²) in [6.45, 7) is 3.95. The number of nitriles is 1. The number of nitrogens with zero attached hydrogens (tertiary/aromatic N) is 3. The van der Waals surface area contributed by atoms with Gasteiger partial charge >= 0.3 is 0 Å². The highest BCUT2D eigenvalue weighted by atomic mass is 16.1. The monoisotopic (exact) mass is 206 g/mol. The van der Waals surface area contributed by atoms with Crippen LogP contribution in [0, 0.1) is 24.2 Å². The van der Waals surface area contributed by atoms with E-state index < -0.39 is 0 Å². The van der Waals surface area contributed by atoms with Gasteiger partial charge in [-0.25, -0.2) is 0 Å². The average Bonchev–Trinajstić information content (AvgIpc) is 2.56. The van der Waals surface area contributed by atoms with E-state index >= 15 is 0 Å². The van der Waals surface area contributed by atoms with E-state index in [9.17, 15) is 4.79 Å². The molecule has 0 spiro atoms. The molecule has 1 unspecified atom stereocenters. The lowest BCUT2D eigenvalue weighted by molar-refractivity contribution is 0.0950. The van der Waals surface area contributed by atoms with E-state index in [1.165, 1.54) is 6.20 Å². The standard InChI is InChI=1S/C10H14N4O/c1-7(4-11)5-12-10(15)9-6-13-14(3)8(9)2/h6-7H,5H2,1-3H3,(H,12,15). The second-order valence-corrected chi connectivity index (χ2v) is 3.51. The van der Waals surface area contributed by atoms with Gasteiger partial charge < -0.3 is 5.32 Å². The molecule has 0 aliphatic rings. The highest BCUT2D eigenvalue weighted by Crippen LogP contribution is 2.05. The van der Waals surface area contributed by atoms with Crippen LogP contribution in [0.5, 0.6) is 0 Å². The molecule has 5 heteroatoms. The van der Waals surface area contributed by atoms with Gasteiger partial charge in [-0.15, -0.1) is 0 Å². The van der Waals surface area contributed by atoms with Crippen molar-refractivity contribution in [2.24, 2.45) is 13.0 Å². The Bertz CT molecular complexity index is 402. The first-order valence-electron chi connectivity index (χ1n) is 4.72. The van der Waals surface area contributed by atoms with E-state index in [4.69, 9.17) is 5.26 Å². The van der Waals surface area contributed by atoms with Crippen molar-refractivity contribution in [2.45, 2.75) is 13.8 Å². The van der Waals surface area contributed by atoms with Crippen molar-refractivity contribution in [3.63, 3.8) is 0 Å². The maximum atomic E-state index is 11.6. The van der Waals surface area contributed by atoms with E-state index in [1.807, 2.05) is 6.92 Å². The quantitative estimate of drug-likeness (QED) is 0.788. The molecule has 0 saturated heterocycles. The Kier molecular flexibility index (Phi) is 3.45. The van der Waals surface area contributed by atoms with Crippen LogP contribution in [0.1, 0.15) is 23.0 Å². The average molecular weight is 206 g/mol. The Morgan fingerprint density at radius 1 is 1.80 bits per heavy atom. The molecule has 5 nitrogen and oxygen atoms in total. The summed E-state index contributed by atoms with van der Waals surface area (Å²) in [6, 6.07) is 2.06. The van der Waals surface area contributed by atoms with Crippen molar-refractivity contribution in [3.05, 3.63) is 17.5 Å². The molecule has 80 valence electrons. The summed E-state index contributed by atoms with van der Waals surface area (Å²) in [6.07, 6.45) is 1.53. The topological polar surface area (TPSA) is 70.7 Å². The minimum atomic E-state index is -0.178. The van der Waals surface area contributed by atoms with E-state index in [0.29, 0.717) is 12.1 Å². The number of rotatable bonds is 3. The summed E-state index contributed by atoms with van der Waals surface area (Å²) in [7, 11) is 1.78. The summed E-state index contributed by atoms with van der Waals surface area (Å²) in [5.41, 5.74) is 1.37. The maximum absolute atomic E-state index is 11.6. The largest absolute Gasteiger partial charge is 0.351 e. The first-order chi connectivity index (χ1) is 7.06. The molecule has 0 aromatic carbocycles. The predicted octanol–water partition coefficient (Wildman–Crippen LogP) is 0.618. The lowest BCUT2D eigenvalue weighted by atomic mass is 10.2. The van der Waals surface area contributed by atoms with Crippen LogP contribution in [0.25, 0.3) is 0 Å². The van der Waals surface area contributed by atoms with Crippen molar-refractivity contribution in [2.75, 3.05) is 6.54 Å². The number of hydrogen-bond acceptors (Lipinski definition) is 3. The highest BCUT2D eigenvalue weighted by Gasteiger charge is 2.12. The molecular formula is C10H14N4O. The smallest absolute Gasteiger partial charge is 0.254 e. The summed E-state index contributed by atoms with van der Waals surface area (Å²) in [4.78, 5) is 11.6. The second kappa shape index (κ2) is 4.60. The fraction of sp³-hybridized carbons (Fsp3) is 0.500. The molecule has 1 heterocycles. The third-order valence-electron chi connectivity index (χ3n) is 2.27. The van der Waals surface area contributed by atoms with Crippen LogP contribution in [-0.4, -0.2) is 22.2 Å². The van der Waals surface area contributed by atoms with Crippen molar-refractivity contribution in [1.29, 1.82) is 5.26 Å². The Balaban J connectivity index is 2.63. The van der Waals surface area contributed by atoms with Crippen molar-refractivity contribution in [1.82, 2.24) is 15.1 Å². The molecule has 1 rings (SSSR count). The molecule has 1 aromatic rings.